The average Bonchev–Trinajstić information content (AvgIpc) is 2.10. The van der Waals surface area contributed by atoms with Gasteiger partial charge in [0, 0.05) is 6.61 Å². The highest BCUT2D eigenvalue weighted by atomic mass is 16.5. The fourth-order valence-corrected chi connectivity index (χ4v) is 1.60. The lowest BCUT2D eigenvalue weighted by Gasteiger charge is -2.14. The van der Waals surface area contributed by atoms with E-state index in [1.54, 1.807) is 0 Å². The smallest absolute Gasteiger partial charge is 0.0549 e. The molecule has 0 amide bonds. The second-order valence-corrected chi connectivity index (χ2v) is 4.48. The molecule has 0 aromatic heterocycles. The average molecular weight is 201 g/mol. The molecular formula is C12H27NO. The first kappa shape index (κ1) is 13.9. The summed E-state index contributed by atoms with van der Waals surface area (Å²) in [6, 6.07) is 0. The molecule has 0 aliphatic rings. The number of rotatable bonds is 9. The fraction of sp³-hybridized carbons (Fsp3) is 1.00. The van der Waals surface area contributed by atoms with Crippen LogP contribution in [0.4, 0.5) is 0 Å². The molecule has 0 aromatic rings. The Morgan fingerprint density at radius 1 is 1.07 bits per heavy atom. The first-order chi connectivity index (χ1) is 6.66. The summed E-state index contributed by atoms with van der Waals surface area (Å²) in [6.45, 7) is 8.71. The van der Waals surface area contributed by atoms with E-state index >= 15 is 0 Å². The molecule has 0 radical (unpaired) electrons. The van der Waals surface area contributed by atoms with Crippen molar-refractivity contribution in [3.63, 3.8) is 0 Å². The summed E-state index contributed by atoms with van der Waals surface area (Å²) in [5.41, 5.74) is 0. The molecule has 1 unspecified atom stereocenters. The number of unbranched alkanes of at least 4 members (excludes halogenated alkanes) is 2. The maximum Gasteiger partial charge on any atom is 0.0549 e. The maximum absolute atomic E-state index is 5.71. The summed E-state index contributed by atoms with van der Waals surface area (Å²) in [6.07, 6.45) is 5.34. The molecule has 2 nitrogen and oxygen atoms in total. The Hall–Kier alpha value is -0.0800. The van der Waals surface area contributed by atoms with Gasteiger partial charge in [0.15, 0.2) is 0 Å². The minimum atomic E-state index is 0.430. The number of nitrogens with one attached hydrogen (secondary N) is 1. The topological polar surface area (TPSA) is 21.3 Å². The van der Waals surface area contributed by atoms with Gasteiger partial charge in [-0.15, -0.1) is 0 Å². The highest BCUT2D eigenvalue weighted by Gasteiger charge is 2.04. The molecule has 1 atom stereocenters. The van der Waals surface area contributed by atoms with Crippen LogP contribution in [0.2, 0.25) is 0 Å². The molecule has 0 fully saturated rings. The van der Waals surface area contributed by atoms with Crippen LogP contribution < -0.4 is 5.32 Å². The van der Waals surface area contributed by atoms with Crippen LogP contribution in [-0.2, 0) is 4.74 Å². The third-order valence-electron chi connectivity index (χ3n) is 2.28. The van der Waals surface area contributed by atoms with Gasteiger partial charge in [0.05, 0.1) is 6.10 Å². The van der Waals surface area contributed by atoms with Crippen LogP contribution in [0.15, 0.2) is 0 Å². The highest BCUT2D eigenvalue weighted by Crippen LogP contribution is 2.08. The Morgan fingerprint density at radius 3 is 2.36 bits per heavy atom. The number of ether oxygens (including phenoxy) is 1. The molecular weight excluding hydrogens is 174 g/mol. The van der Waals surface area contributed by atoms with E-state index in [0.29, 0.717) is 6.10 Å². The third-order valence-corrected chi connectivity index (χ3v) is 2.28. The summed E-state index contributed by atoms with van der Waals surface area (Å²) in [7, 11) is 2.00. The molecule has 0 saturated carbocycles. The summed E-state index contributed by atoms with van der Waals surface area (Å²) >= 11 is 0. The lowest BCUT2D eigenvalue weighted by molar-refractivity contribution is 0.0495. The van der Waals surface area contributed by atoms with Gasteiger partial charge in [-0.25, -0.2) is 0 Å². The van der Waals surface area contributed by atoms with Crippen molar-refractivity contribution in [3.05, 3.63) is 0 Å². The second-order valence-electron chi connectivity index (χ2n) is 4.48. The number of hydrogen-bond acceptors (Lipinski definition) is 2. The van der Waals surface area contributed by atoms with Crippen molar-refractivity contribution in [1.29, 1.82) is 0 Å². The van der Waals surface area contributed by atoms with Crippen LogP contribution >= 0.6 is 0 Å². The Kier molecular flexibility index (Phi) is 9.42. The monoisotopic (exact) mass is 201 g/mol. The van der Waals surface area contributed by atoms with Gasteiger partial charge in [0.1, 0.15) is 0 Å². The van der Waals surface area contributed by atoms with Crippen molar-refractivity contribution in [1.82, 2.24) is 5.32 Å². The van der Waals surface area contributed by atoms with E-state index in [1.807, 2.05) is 7.05 Å². The largest absolute Gasteiger partial charge is 0.379 e. The summed E-state index contributed by atoms with van der Waals surface area (Å²) in [5, 5.41) is 3.15. The first-order valence-electron chi connectivity index (χ1n) is 5.93. The summed E-state index contributed by atoms with van der Waals surface area (Å²) in [5.74, 6) is 0.745. The van der Waals surface area contributed by atoms with Crippen LogP contribution in [0.25, 0.3) is 0 Å². The lowest BCUT2D eigenvalue weighted by atomic mass is 10.1. The molecule has 0 saturated heterocycles. The first-order valence-corrected chi connectivity index (χ1v) is 5.93. The van der Waals surface area contributed by atoms with E-state index in [-0.39, 0.29) is 0 Å². The quantitative estimate of drug-likeness (QED) is 0.579. The standard InChI is InChI=1S/C12H27NO/c1-11(2)10-12(3)14-9-7-5-6-8-13-4/h11-13H,5-10H2,1-4H3. The van der Waals surface area contributed by atoms with Crippen LogP contribution in [0.3, 0.4) is 0 Å². The molecule has 0 aliphatic heterocycles. The molecule has 0 bridgehead atoms. The van der Waals surface area contributed by atoms with Crippen molar-refractivity contribution in [2.24, 2.45) is 5.92 Å². The zero-order valence-electron chi connectivity index (χ0n) is 10.3. The molecule has 86 valence electrons. The van der Waals surface area contributed by atoms with Crippen LogP contribution in [0, 0.1) is 5.92 Å². The van der Waals surface area contributed by atoms with Crippen molar-refractivity contribution in [3.8, 4) is 0 Å². The van der Waals surface area contributed by atoms with Gasteiger partial charge in [-0.1, -0.05) is 13.8 Å². The fourth-order valence-electron chi connectivity index (χ4n) is 1.60. The van der Waals surface area contributed by atoms with Gasteiger partial charge in [0.25, 0.3) is 0 Å². The molecule has 0 rings (SSSR count). The third kappa shape index (κ3) is 10.0. The molecule has 0 spiro atoms. The zero-order valence-corrected chi connectivity index (χ0v) is 10.3. The minimum Gasteiger partial charge on any atom is -0.379 e. The van der Waals surface area contributed by atoms with Gasteiger partial charge < -0.3 is 10.1 Å². The predicted molar refractivity (Wildman–Crippen MR) is 62.6 cm³/mol. The molecule has 0 aliphatic carbocycles. The van der Waals surface area contributed by atoms with E-state index in [0.717, 1.165) is 19.1 Å². The lowest BCUT2D eigenvalue weighted by Crippen LogP contribution is -2.12. The SMILES string of the molecule is CNCCCCCOC(C)CC(C)C. The van der Waals surface area contributed by atoms with Crippen molar-refractivity contribution in [2.75, 3.05) is 20.2 Å². The van der Waals surface area contributed by atoms with Gasteiger partial charge in [-0.2, -0.15) is 0 Å². The Labute approximate surface area is 89.4 Å². The Bertz CT molecular complexity index is 115. The van der Waals surface area contributed by atoms with E-state index in [2.05, 4.69) is 26.1 Å². The second kappa shape index (κ2) is 9.47. The highest BCUT2D eigenvalue weighted by molar-refractivity contribution is 4.54. The van der Waals surface area contributed by atoms with E-state index in [4.69, 9.17) is 4.74 Å². The van der Waals surface area contributed by atoms with Crippen molar-refractivity contribution >= 4 is 0 Å². The molecule has 0 heterocycles. The minimum absolute atomic E-state index is 0.430. The van der Waals surface area contributed by atoms with Crippen molar-refractivity contribution < 1.29 is 4.74 Å². The molecule has 14 heavy (non-hydrogen) atoms. The molecule has 2 heteroatoms. The van der Waals surface area contributed by atoms with Crippen molar-refractivity contribution in [2.45, 2.75) is 52.6 Å². The molecule has 0 aromatic carbocycles. The van der Waals surface area contributed by atoms with E-state index in [1.165, 1.54) is 25.7 Å². The molecule has 1 N–H and O–H groups in total. The van der Waals surface area contributed by atoms with Gasteiger partial charge in [0.2, 0.25) is 0 Å². The van der Waals surface area contributed by atoms with E-state index < -0.39 is 0 Å². The van der Waals surface area contributed by atoms with Gasteiger partial charge >= 0.3 is 0 Å². The summed E-state index contributed by atoms with van der Waals surface area (Å²) < 4.78 is 5.71. The summed E-state index contributed by atoms with van der Waals surface area (Å²) in [4.78, 5) is 0. The van der Waals surface area contributed by atoms with E-state index in [9.17, 15) is 0 Å². The predicted octanol–water partition coefficient (Wildman–Crippen LogP) is 2.83. The van der Waals surface area contributed by atoms with Gasteiger partial charge in [-0.05, 0) is 52.1 Å². The van der Waals surface area contributed by atoms with Gasteiger partial charge in [-0.3, -0.25) is 0 Å². The normalized spacial score (nSPS) is 13.5. The van der Waals surface area contributed by atoms with Crippen LogP contribution in [0.1, 0.15) is 46.5 Å². The number of hydrogen-bond donors (Lipinski definition) is 1. The maximum atomic E-state index is 5.71. The Morgan fingerprint density at radius 2 is 1.79 bits per heavy atom. The zero-order chi connectivity index (χ0) is 10.8. The Balaban J connectivity index is 3.10. The van der Waals surface area contributed by atoms with Crippen LogP contribution in [-0.4, -0.2) is 26.3 Å². The van der Waals surface area contributed by atoms with Crippen LogP contribution in [0.5, 0.6) is 0 Å².